The molecule has 8 nitrogen and oxygen atoms in total. The van der Waals surface area contributed by atoms with Gasteiger partial charge < -0.3 is 29.6 Å². The standard InChI is InChI=1S/C27H31N5O3S/c1-34-17-24(33)29-21-16-19(12-13-23(21)35-2)32-26(22-11-7-15-31(22)18-8-3-4-9-18)25(30-27(32)36)20-10-5-6-14-28-20/h5-7,10-16,18,25-26H,3-4,8-9,17H2,1-2H3,(H,29,33)(H,30,36)/t25-,26+/m0/s1. The lowest BCUT2D eigenvalue weighted by Gasteiger charge is -2.31. The number of ether oxygens (including phenoxy) is 2. The van der Waals surface area contributed by atoms with E-state index in [1.165, 1.54) is 38.5 Å². The number of carbonyl (C=O) groups excluding carboxylic acids is 1. The minimum absolute atomic E-state index is 0.0453. The molecular formula is C27H31N5O3S. The number of pyridine rings is 1. The maximum Gasteiger partial charge on any atom is 0.250 e. The first-order valence-corrected chi connectivity index (χ1v) is 12.7. The molecule has 2 fully saturated rings. The molecule has 9 heteroatoms. The van der Waals surface area contributed by atoms with Crippen molar-refractivity contribution in [3.8, 4) is 5.75 Å². The van der Waals surface area contributed by atoms with E-state index in [1.807, 2.05) is 42.6 Å². The van der Waals surface area contributed by atoms with Gasteiger partial charge in [-0.25, -0.2) is 0 Å². The smallest absolute Gasteiger partial charge is 0.250 e. The molecule has 3 heterocycles. The molecule has 1 aromatic carbocycles. The topological polar surface area (TPSA) is 80.7 Å². The molecule has 2 aliphatic rings. The summed E-state index contributed by atoms with van der Waals surface area (Å²) in [5, 5.41) is 7.03. The van der Waals surface area contributed by atoms with Gasteiger partial charge in [0, 0.05) is 36.9 Å². The summed E-state index contributed by atoms with van der Waals surface area (Å²) in [4.78, 5) is 19.1. The number of hydrogen-bond donors (Lipinski definition) is 2. The van der Waals surface area contributed by atoms with Gasteiger partial charge in [0.1, 0.15) is 18.4 Å². The van der Waals surface area contributed by atoms with Gasteiger partial charge in [-0.1, -0.05) is 18.9 Å². The van der Waals surface area contributed by atoms with Crippen molar-refractivity contribution in [2.75, 3.05) is 31.0 Å². The molecule has 36 heavy (non-hydrogen) atoms. The minimum Gasteiger partial charge on any atom is -0.495 e. The van der Waals surface area contributed by atoms with Gasteiger partial charge in [0.05, 0.1) is 24.5 Å². The molecule has 3 aromatic rings. The van der Waals surface area contributed by atoms with Crippen LogP contribution in [-0.4, -0.2) is 41.4 Å². The Morgan fingerprint density at radius 2 is 2.00 bits per heavy atom. The van der Waals surface area contributed by atoms with Crippen molar-refractivity contribution in [1.29, 1.82) is 0 Å². The van der Waals surface area contributed by atoms with Gasteiger partial charge >= 0.3 is 0 Å². The summed E-state index contributed by atoms with van der Waals surface area (Å²) in [6.45, 7) is -0.0453. The number of amides is 1. The highest BCUT2D eigenvalue weighted by molar-refractivity contribution is 7.80. The fourth-order valence-electron chi connectivity index (χ4n) is 5.37. The number of thiocarbonyl (C=S) groups is 1. The van der Waals surface area contributed by atoms with Crippen LogP contribution in [0.15, 0.2) is 60.9 Å². The number of hydrogen-bond acceptors (Lipinski definition) is 5. The Bertz CT molecular complexity index is 1230. The lowest BCUT2D eigenvalue weighted by Crippen LogP contribution is -2.31. The van der Waals surface area contributed by atoms with Crippen LogP contribution in [-0.2, 0) is 9.53 Å². The normalized spacial score (nSPS) is 19.9. The van der Waals surface area contributed by atoms with Gasteiger partial charge in [-0.05, 0) is 67.5 Å². The predicted octanol–water partition coefficient (Wildman–Crippen LogP) is 4.77. The second-order valence-corrected chi connectivity index (χ2v) is 9.53. The van der Waals surface area contributed by atoms with E-state index in [1.54, 1.807) is 7.11 Å². The van der Waals surface area contributed by atoms with Crippen LogP contribution in [0.25, 0.3) is 0 Å². The molecule has 0 spiro atoms. The van der Waals surface area contributed by atoms with Gasteiger partial charge in [-0.2, -0.15) is 0 Å². The SMILES string of the molecule is COCC(=O)Nc1cc(N2C(=S)N[C@@H](c3ccccn3)[C@H]2c2cccn2C2CCCC2)ccc1OC. The molecule has 2 aromatic heterocycles. The molecule has 0 radical (unpaired) electrons. The first kappa shape index (κ1) is 24.3. The van der Waals surface area contributed by atoms with Crippen molar-refractivity contribution in [2.45, 2.75) is 43.8 Å². The van der Waals surface area contributed by atoms with Gasteiger partial charge in [-0.3, -0.25) is 9.78 Å². The first-order chi connectivity index (χ1) is 17.6. The minimum atomic E-state index is -0.256. The second-order valence-electron chi connectivity index (χ2n) is 9.14. The monoisotopic (exact) mass is 505 g/mol. The number of nitrogens with one attached hydrogen (secondary N) is 2. The van der Waals surface area contributed by atoms with E-state index in [9.17, 15) is 4.79 Å². The maximum atomic E-state index is 12.3. The number of carbonyl (C=O) groups is 1. The molecule has 1 amide bonds. The lowest BCUT2D eigenvalue weighted by atomic mass is 10.00. The summed E-state index contributed by atoms with van der Waals surface area (Å²) < 4.78 is 12.9. The van der Waals surface area contributed by atoms with E-state index in [2.05, 4.69) is 43.4 Å². The number of methoxy groups -OCH3 is 2. The van der Waals surface area contributed by atoms with Gasteiger partial charge in [0.25, 0.3) is 0 Å². The highest BCUT2D eigenvalue weighted by Crippen LogP contribution is 2.45. The number of rotatable bonds is 8. The van der Waals surface area contributed by atoms with Gasteiger partial charge in [0.2, 0.25) is 5.91 Å². The largest absolute Gasteiger partial charge is 0.495 e. The number of nitrogens with zero attached hydrogens (tertiary/aromatic N) is 3. The number of anilines is 2. The predicted molar refractivity (Wildman–Crippen MR) is 143 cm³/mol. The zero-order chi connectivity index (χ0) is 25.1. The lowest BCUT2D eigenvalue weighted by molar-refractivity contribution is -0.119. The molecule has 0 bridgehead atoms. The Morgan fingerprint density at radius 3 is 2.72 bits per heavy atom. The molecule has 1 aliphatic carbocycles. The van der Waals surface area contributed by atoms with E-state index in [-0.39, 0.29) is 24.6 Å². The van der Waals surface area contributed by atoms with E-state index < -0.39 is 0 Å². The summed E-state index contributed by atoms with van der Waals surface area (Å²) in [5.41, 5.74) is 3.52. The zero-order valence-corrected chi connectivity index (χ0v) is 21.3. The van der Waals surface area contributed by atoms with Crippen LogP contribution in [0.2, 0.25) is 0 Å². The number of benzene rings is 1. The Kier molecular flexibility index (Phi) is 7.20. The van der Waals surface area contributed by atoms with Crippen molar-refractivity contribution in [2.24, 2.45) is 0 Å². The van der Waals surface area contributed by atoms with Gasteiger partial charge in [0.15, 0.2) is 5.11 Å². The quantitative estimate of drug-likeness (QED) is 0.427. The fraction of sp³-hybridized carbons (Fsp3) is 0.370. The van der Waals surface area contributed by atoms with Crippen LogP contribution in [0.5, 0.6) is 5.75 Å². The molecule has 2 atom stereocenters. The molecule has 0 unspecified atom stereocenters. The average molecular weight is 506 g/mol. The Labute approximate surface area is 216 Å². The van der Waals surface area contributed by atoms with E-state index >= 15 is 0 Å². The fourth-order valence-corrected chi connectivity index (χ4v) is 5.71. The van der Waals surface area contributed by atoms with Crippen LogP contribution in [0.4, 0.5) is 11.4 Å². The summed E-state index contributed by atoms with van der Waals surface area (Å²) in [7, 11) is 3.07. The van der Waals surface area contributed by atoms with E-state index in [4.69, 9.17) is 21.7 Å². The van der Waals surface area contributed by atoms with Crippen LogP contribution in [0, 0.1) is 0 Å². The third kappa shape index (κ3) is 4.68. The Hall–Kier alpha value is -3.43. The highest BCUT2D eigenvalue weighted by Gasteiger charge is 2.42. The van der Waals surface area contributed by atoms with Crippen molar-refractivity contribution < 1.29 is 14.3 Å². The third-order valence-corrected chi connectivity index (χ3v) is 7.26. The average Bonchev–Trinajstić information content (AvgIpc) is 3.64. The van der Waals surface area contributed by atoms with Crippen molar-refractivity contribution >= 4 is 34.6 Å². The van der Waals surface area contributed by atoms with Crippen molar-refractivity contribution in [1.82, 2.24) is 14.9 Å². The molecule has 5 rings (SSSR count). The third-order valence-electron chi connectivity index (χ3n) is 6.94. The van der Waals surface area contributed by atoms with Crippen LogP contribution < -0.4 is 20.3 Å². The molecule has 188 valence electrons. The molecule has 1 aliphatic heterocycles. The number of aromatic nitrogens is 2. The van der Waals surface area contributed by atoms with Crippen molar-refractivity contribution in [3.63, 3.8) is 0 Å². The Balaban J connectivity index is 1.59. The van der Waals surface area contributed by atoms with Crippen molar-refractivity contribution in [3.05, 3.63) is 72.3 Å². The summed E-state index contributed by atoms with van der Waals surface area (Å²) in [6, 6.07) is 16.2. The first-order valence-electron chi connectivity index (χ1n) is 12.2. The van der Waals surface area contributed by atoms with E-state index in [0.717, 1.165) is 11.4 Å². The van der Waals surface area contributed by atoms with Crippen LogP contribution in [0.1, 0.15) is 55.2 Å². The van der Waals surface area contributed by atoms with Crippen LogP contribution in [0.3, 0.4) is 0 Å². The summed E-state index contributed by atoms with van der Waals surface area (Å²) >= 11 is 5.90. The second kappa shape index (κ2) is 10.7. The van der Waals surface area contributed by atoms with E-state index in [0.29, 0.717) is 22.6 Å². The zero-order valence-electron chi connectivity index (χ0n) is 20.5. The van der Waals surface area contributed by atoms with Crippen LogP contribution >= 0.6 is 12.2 Å². The Morgan fingerprint density at radius 1 is 1.17 bits per heavy atom. The molecule has 2 N–H and O–H groups in total. The summed E-state index contributed by atoms with van der Waals surface area (Å²) in [5.74, 6) is 0.307. The highest BCUT2D eigenvalue weighted by atomic mass is 32.1. The molecule has 1 saturated carbocycles. The summed E-state index contributed by atoms with van der Waals surface area (Å²) in [6.07, 6.45) is 8.86. The molecular weight excluding hydrogens is 474 g/mol. The van der Waals surface area contributed by atoms with Gasteiger partial charge in [-0.15, -0.1) is 0 Å². The maximum absolute atomic E-state index is 12.3. The molecule has 1 saturated heterocycles.